The molecule has 0 spiro atoms. The van der Waals surface area contributed by atoms with Crippen LogP contribution in [0.1, 0.15) is 31.4 Å². The molecule has 0 bridgehead atoms. The van der Waals surface area contributed by atoms with Gasteiger partial charge in [-0.05, 0) is 29.5 Å². The molecular weight excluding hydrogens is 433 g/mol. The molecule has 2 N–H and O–H groups in total. The summed E-state index contributed by atoms with van der Waals surface area (Å²) in [4.78, 5) is 5.54. The number of para-hydroxylation sites is 2. The van der Waals surface area contributed by atoms with Gasteiger partial charge in [0.2, 0.25) is 5.89 Å². The second kappa shape index (κ2) is 8.26. The number of aromatic hydroxyl groups is 1. The van der Waals surface area contributed by atoms with Gasteiger partial charge in [-0.15, -0.1) is 0 Å². The Bertz CT molecular complexity index is 1160. The molecular formula is C25H25F3N2O3. The van der Waals surface area contributed by atoms with Crippen molar-refractivity contribution in [1.29, 1.82) is 0 Å². The first-order valence-electron chi connectivity index (χ1n) is 10.5. The molecule has 2 heterocycles. The summed E-state index contributed by atoms with van der Waals surface area (Å²) in [5, 5.41) is 21.9. The van der Waals surface area contributed by atoms with E-state index in [0.717, 1.165) is 5.56 Å². The number of hydrogen-bond donors (Lipinski definition) is 2. The van der Waals surface area contributed by atoms with Crippen molar-refractivity contribution >= 4 is 11.8 Å². The number of oxazole rings is 1. The molecule has 1 aliphatic rings. The Hall–Kier alpha value is -3.26. The van der Waals surface area contributed by atoms with Gasteiger partial charge in [-0.1, -0.05) is 56.3 Å². The molecule has 174 valence electrons. The van der Waals surface area contributed by atoms with Crippen molar-refractivity contribution in [3.63, 3.8) is 0 Å². The van der Waals surface area contributed by atoms with Gasteiger partial charge in [0.1, 0.15) is 12.0 Å². The van der Waals surface area contributed by atoms with Gasteiger partial charge < -0.3 is 19.5 Å². The smallest absolute Gasteiger partial charge is 0.418 e. The predicted octanol–water partition coefficient (Wildman–Crippen LogP) is 5.54. The first-order valence-corrected chi connectivity index (χ1v) is 10.5. The van der Waals surface area contributed by atoms with E-state index in [1.54, 1.807) is 50.3 Å². The van der Waals surface area contributed by atoms with Gasteiger partial charge in [0, 0.05) is 17.8 Å². The summed E-state index contributed by atoms with van der Waals surface area (Å²) in [7, 11) is 0. The molecule has 3 aromatic rings. The number of aromatic nitrogens is 1. The highest BCUT2D eigenvalue weighted by Gasteiger charge is 2.57. The van der Waals surface area contributed by atoms with E-state index in [1.807, 2.05) is 18.2 Å². The summed E-state index contributed by atoms with van der Waals surface area (Å²) < 4.78 is 48.2. The summed E-state index contributed by atoms with van der Waals surface area (Å²) in [5.41, 5.74) is -2.29. The molecule has 0 radical (unpaired) electrons. The highest BCUT2D eigenvalue weighted by atomic mass is 19.4. The Morgan fingerprint density at radius 1 is 1.09 bits per heavy atom. The molecule has 0 fully saturated rings. The van der Waals surface area contributed by atoms with Gasteiger partial charge >= 0.3 is 6.18 Å². The topological polar surface area (TPSA) is 69.7 Å². The van der Waals surface area contributed by atoms with Crippen LogP contribution in [0.2, 0.25) is 0 Å². The molecule has 1 unspecified atom stereocenters. The number of alkyl halides is 3. The molecule has 0 saturated carbocycles. The van der Waals surface area contributed by atoms with Crippen molar-refractivity contribution in [1.82, 2.24) is 4.98 Å². The maximum atomic E-state index is 14.3. The van der Waals surface area contributed by atoms with E-state index >= 15 is 0 Å². The number of hydrogen-bond acceptors (Lipinski definition) is 5. The molecule has 33 heavy (non-hydrogen) atoms. The molecule has 0 saturated heterocycles. The maximum absolute atomic E-state index is 14.3. The molecule has 1 aliphatic heterocycles. The number of phenolic OH excluding ortho intramolecular Hbond substituents is 1. The normalized spacial score (nSPS) is 15.9. The van der Waals surface area contributed by atoms with Crippen molar-refractivity contribution < 1.29 is 27.8 Å². The van der Waals surface area contributed by atoms with E-state index < -0.39 is 30.2 Å². The van der Waals surface area contributed by atoms with Gasteiger partial charge in [0.05, 0.1) is 18.3 Å². The minimum Gasteiger partial charge on any atom is -0.507 e. The number of nitrogens with zero attached hydrogens (tertiary/aromatic N) is 2. The predicted molar refractivity (Wildman–Crippen MR) is 120 cm³/mol. The van der Waals surface area contributed by atoms with Crippen LogP contribution < -0.4 is 4.90 Å². The minimum absolute atomic E-state index is 0.160. The van der Waals surface area contributed by atoms with Crippen molar-refractivity contribution in [2.45, 2.75) is 37.5 Å². The Balaban J connectivity index is 1.68. The van der Waals surface area contributed by atoms with Crippen LogP contribution in [0.5, 0.6) is 5.75 Å². The largest absolute Gasteiger partial charge is 0.507 e. The molecule has 1 atom stereocenters. The van der Waals surface area contributed by atoms with Gasteiger partial charge in [-0.2, -0.15) is 13.2 Å². The molecule has 2 aromatic carbocycles. The number of anilines is 1. The summed E-state index contributed by atoms with van der Waals surface area (Å²) in [6, 6.07) is 11.9. The zero-order valence-corrected chi connectivity index (χ0v) is 18.3. The van der Waals surface area contributed by atoms with Crippen LogP contribution in [-0.2, 0) is 5.41 Å². The Kier molecular flexibility index (Phi) is 5.74. The number of halogens is 3. The van der Waals surface area contributed by atoms with E-state index in [1.165, 1.54) is 17.4 Å². The minimum atomic E-state index is -4.89. The van der Waals surface area contributed by atoms with Gasteiger partial charge in [-0.25, -0.2) is 4.98 Å². The Morgan fingerprint density at radius 3 is 2.55 bits per heavy atom. The number of fused-ring (bicyclic) bond motifs is 1. The quantitative estimate of drug-likeness (QED) is 0.508. The molecule has 0 aliphatic carbocycles. The van der Waals surface area contributed by atoms with Crippen molar-refractivity contribution in [2.75, 3.05) is 18.0 Å². The molecule has 0 amide bonds. The molecule has 1 aromatic heterocycles. The van der Waals surface area contributed by atoms with E-state index in [4.69, 9.17) is 4.42 Å². The van der Waals surface area contributed by atoms with Crippen molar-refractivity contribution in [3.05, 3.63) is 72.1 Å². The third kappa shape index (κ3) is 4.35. The lowest BCUT2D eigenvalue weighted by molar-refractivity contribution is -0.262. The first-order chi connectivity index (χ1) is 15.5. The number of benzene rings is 2. The highest BCUT2D eigenvalue weighted by Crippen LogP contribution is 2.46. The highest BCUT2D eigenvalue weighted by molar-refractivity contribution is 5.71. The van der Waals surface area contributed by atoms with Gasteiger partial charge in [0.25, 0.3) is 0 Å². The van der Waals surface area contributed by atoms with Crippen LogP contribution >= 0.6 is 0 Å². The monoisotopic (exact) mass is 458 g/mol. The second-order valence-electron chi connectivity index (χ2n) is 8.97. The summed E-state index contributed by atoms with van der Waals surface area (Å²) in [6.07, 6.45) is 0.842. The van der Waals surface area contributed by atoms with Crippen LogP contribution in [0.4, 0.5) is 18.9 Å². The fourth-order valence-electron chi connectivity index (χ4n) is 4.48. The number of aliphatic hydroxyl groups is 1. The Morgan fingerprint density at radius 2 is 1.85 bits per heavy atom. The Labute approximate surface area is 189 Å². The zero-order valence-electron chi connectivity index (χ0n) is 18.3. The molecule has 5 nitrogen and oxygen atoms in total. The lowest BCUT2D eigenvalue weighted by atomic mass is 9.73. The first kappa shape index (κ1) is 22.9. The van der Waals surface area contributed by atoms with Crippen molar-refractivity contribution in [3.8, 4) is 17.2 Å². The maximum Gasteiger partial charge on any atom is 0.418 e. The van der Waals surface area contributed by atoms with Gasteiger partial charge in [0.15, 0.2) is 5.60 Å². The van der Waals surface area contributed by atoms with Crippen LogP contribution in [0.25, 0.3) is 17.5 Å². The fourth-order valence-corrected chi connectivity index (χ4v) is 4.48. The van der Waals surface area contributed by atoms with Crippen LogP contribution in [-0.4, -0.2) is 40.1 Å². The number of β-amino-alcohol motifs (C(OH)–C–C–N with tert-alkyl or cyclic N) is 1. The molecule has 8 heteroatoms. The van der Waals surface area contributed by atoms with E-state index in [2.05, 4.69) is 4.98 Å². The van der Waals surface area contributed by atoms with Crippen LogP contribution in [0, 0.1) is 0 Å². The number of rotatable bonds is 6. The lowest BCUT2D eigenvalue weighted by Gasteiger charge is -2.42. The SMILES string of the molecule is CC(C)(CC(O)(CN1CC=Cc2ccccc21)C(F)(F)F)c1cccc(-c2ncco2)c1O. The van der Waals surface area contributed by atoms with Crippen LogP contribution in [0.3, 0.4) is 0 Å². The van der Waals surface area contributed by atoms with Gasteiger partial charge in [-0.3, -0.25) is 0 Å². The van der Waals surface area contributed by atoms with Crippen LogP contribution in [0.15, 0.2) is 65.4 Å². The standard InChI is InChI=1S/C25H25F3N2O3/c1-23(2,19-10-5-9-18(21(19)31)22-29-12-14-33-22)15-24(32,25(26,27)28)16-30-13-6-8-17-7-3-4-11-20(17)30/h3-12,14,31-32H,13,15-16H2,1-2H3. The lowest BCUT2D eigenvalue weighted by Crippen LogP contribution is -2.56. The van der Waals surface area contributed by atoms with Crippen molar-refractivity contribution in [2.24, 2.45) is 0 Å². The average Bonchev–Trinajstić information content (AvgIpc) is 3.27. The zero-order chi connectivity index (χ0) is 23.9. The number of phenols is 1. The second-order valence-corrected chi connectivity index (χ2v) is 8.97. The van der Waals surface area contributed by atoms with E-state index in [0.29, 0.717) is 5.69 Å². The third-order valence-electron chi connectivity index (χ3n) is 6.04. The third-order valence-corrected chi connectivity index (χ3v) is 6.04. The summed E-state index contributed by atoms with van der Waals surface area (Å²) in [5.74, 6) is -0.0614. The van der Waals surface area contributed by atoms with E-state index in [9.17, 15) is 23.4 Å². The fraction of sp³-hybridized carbons (Fsp3) is 0.320. The van der Waals surface area contributed by atoms with E-state index in [-0.39, 0.29) is 29.3 Å². The molecule has 4 rings (SSSR count). The summed E-state index contributed by atoms with van der Waals surface area (Å²) >= 11 is 0. The summed E-state index contributed by atoms with van der Waals surface area (Å²) in [6.45, 7) is 2.76. The average molecular weight is 458 g/mol.